The maximum Gasteiger partial charge on any atom is 0.272 e. The van der Waals surface area contributed by atoms with Crippen LogP contribution in [0, 0.1) is 15.5 Å². The quantitative estimate of drug-likeness (QED) is 0.390. The fourth-order valence-electron chi connectivity index (χ4n) is 1.62. The van der Waals surface area contributed by atoms with Crippen LogP contribution in [0.5, 0.6) is 0 Å². The van der Waals surface area contributed by atoms with Crippen molar-refractivity contribution in [1.29, 1.82) is 0 Å². The van der Waals surface area contributed by atoms with Crippen molar-refractivity contribution in [3.63, 3.8) is 0 Å². The predicted molar refractivity (Wildman–Crippen MR) is 71.7 cm³/mol. The SMILES string of the molecule is CC(C)(C)C(=S)c1cc([N+](=O)[O-])cc2n[nH]nc12. The van der Waals surface area contributed by atoms with Gasteiger partial charge in [-0.2, -0.15) is 15.4 Å². The summed E-state index contributed by atoms with van der Waals surface area (Å²) < 4.78 is 0. The second-order valence-electron chi connectivity index (χ2n) is 5.02. The van der Waals surface area contributed by atoms with Crippen molar-refractivity contribution in [3.05, 3.63) is 27.8 Å². The van der Waals surface area contributed by atoms with Gasteiger partial charge in [-0.05, 0) is 5.41 Å². The molecular formula is C11H12N4O2S. The van der Waals surface area contributed by atoms with Crippen molar-refractivity contribution >= 4 is 33.8 Å². The van der Waals surface area contributed by atoms with Crippen LogP contribution in [0.25, 0.3) is 11.0 Å². The summed E-state index contributed by atoms with van der Waals surface area (Å²) in [7, 11) is 0. The van der Waals surface area contributed by atoms with E-state index in [0.29, 0.717) is 21.5 Å². The molecule has 0 aliphatic heterocycles. The molecule has 1 heterocycles. The van der Waals surface area contributed by atoms with E-state index in [9.17, 15) is 10.1 Å². The number of aromatic nitrogens is 3. The molecule has 18 heavy (non-hydrogen) atoms. The molecule has 0 unspecified atom stereocenters. The molecule has 2 rings (SSSR count). The lowest BCUT2D eigenvalue weighted by atomic mass is 9.87. The van der Waals surface area contributed by atoms with Crippen LogP contribution in [-0.4, -0.2) is 25.2 Å². The molecule has 1 N–H and O–H groups in total. The fraction of sp³-hybridized carbons (Fsp3) is 0.364. The first-order valence-corrected chi connectivity index (χ1v) is 5.75. The summed E-state index contributed by atoms with van der Waals surface area (Å²) in [6.45, 7) is 5.88. The summed E-state index contributed by atoms with van der Waals surface area (Å²) in [5, 5.41) is 21.3. The van der Waals surface area contributed by atoms with Crippen molar-refractivity contribution < 1.29 is 4.92 Å². The smallest absolute Gasteiger partial charge is 0.258 e. The van der Waals surface area contributed by atoms with E-state index in [1.165, 1.54) is 12.1 Å². The molecular weight excluding hydrogens is 252 g/mol. The van der Waals surface area contributed by atoms with Gasteiger partial charge in [-0.3, -0.25) is 10.1 Å². The highest BCUT2D eigenvalue weighted by Crippen LogP contribution is 2.29. The molecule has 2 aromatic rings. The maximum absolute atomic E-state index is 10.9. The lowest BCUT2D eigenvalue weighted by molar-refractivity contribution is -0.384. The number of rotatable bonds is 2. The number of hydrogen-bond acceptors (Lipinski definition) is 5. The summed E-state index contributed by atoms with van der Waals surface area (Å²) in [5.74, 6) is 0. The number of nitro benzene ring substituents is 1. The zero-order valence-electron chi connectivity index (χ0n) is 10.2. The highest BCUT2D eigenvalue weighted by molar-refractivity contribution is 7.81. The number of aromatic amines is 1. The van der Waals surface area contributed by atoms with E-state index in [2.05, 4.69) is 15.4 Å². The standard InChI is InChI=1S/C11H12N4O2S/c1-11(2,3)10(18)7-4-6(15(16)17)5-8-9(7)13-14-12-8/h4-5H,1-3H3,(H,12,13,14). The van der Waals surface area contributed by atoms with Crippen LogP contribution < -0.4 is 0 Å². The molecule has 0 spiro atoms. The van der Waals surface area contributed by atoms with Crippen LogP contribution in [0.15, 0.2) is 12.1 Å². The van der Waals surface area contributed by atoms with E-state index < -0.39 is 4.92 Å². The number of benzene rings is 1. The summed E-state index contributed by atoms with van der Waals surface area (Å²) in [5.41, 5.74) is 1.32. The molecule has 94 valence electrons. The van der Waals surface area contributed by atoms with Crippen molar-refractivity contribution in [2.75, 3.05) is 0 Å². The molecule has 0 amide bonds. The lowest BCUT2D eigenvalue weighted by Crippen LogP contribution is -2.19. The topological polar surface area (TPSA) is 84.7 Å². The minimum absolute atomic E-state index is 0.0296. The van der Waals surface area contributed by atoms with Gasteiger partial charge in [0.2, 0.25) is 0 Å². The van der Waals surface area contributed by atoms with Crippen molar-refractivity contribution in [1.82, 2.24) is 15.4 Å². The monoisotopic (exact) mass is 264 g/mol. The van der Waals surface area contributed by atoms with E-state index in [1.807, 2.05) is 20.8 Å². The minimum Gasteiger partial charge on any atom is -0.258 e. The minimum atomic E-state index is -0.455. The van der Waals surface area contributed by atoms with E-state index in [-0.39, 0.29) is 11.1 Å². The Kier molecular flexibility index (Phi) is 2.86. The summed E-state index contributed by atoms with van der Waals surface area (Å²) in [6.07, 6.45) is 0. The lowest BCUT2D eigenvalue weighted by Gasteiger charge is -2.19. The number of non-ortho nitro benzene ring substituents is 1. The molecule has 0 saturated carbocycles. The zero-order valence-corrected chi connectivity index (χ0v) is 11.0. The molecule has 0 bridgehead atoms. The molecule has 0 aliphatic carbocycles. The Labute approximate surface area is 109 Å². The normalized spacial score (nSPS) is 11.7. The number of nitrogens with zero attached hydrogens (tertiary/aromatic N) is 3. The number of nitrogens with one attached hydrogen (secondary N) is 1. The maximum atomic E-state index is 10.9. The average molecular weight is 264 g/mol. The fourth-order valence-corrected chi connectivity index (χ4v) is 1.77. The Balaban J connectivity index is 2.72. The van der Waals surface area contributed by atoms with Gasteiger partial charge in [0.1, 0.15) is 11.0 Å². The van der Waals surface area contributed by atoms with Gasteiger partial charge in [0, 0.05) is 22.6 Å². The molecule has 0 radical (unpaired) electrons. The third-order valence-electron chi connectivity index (χ3n) is 2.54. The third-order valence-corrected chi connectivity index (χ3v) is 3.38. The molecule has 1 aromatic heterocycles. The van der Waals surface area contributed by atoms with Crippen LogP contribution in [-0.2, 0) is 0 Å². The van der Waals surface area contributed by atoms with E-state index in [1.54, 1.807) is 0 Å². The number of nitro groups is 1. The van der Waals surface area contributed by atoms with Gasteiger partial charge in [0.25, 0.3) is 5.69 Å². The van der Waals surface area contributed by atoms with E-state index in [4.69, 9.17) is 12.2 Å². The molecule has 6 nitrogen and oxygen atoms in total. The zero-order chi connectivity index (χ0) is 13.5. The van der Waals surface area contributed by atoms with Gasteiger partial charge in [0.15, 0.2) is 0 Å². The van der Waals surface area contributed by atoms with Gasteiger partial charge in [-0.1, -0.05) is 33.0 Å². The molecule has 0 atom stereocenters. The Morgan fingerprint density at radius 3 is 2.61 bits per heavy atom. The number of H-pyrrole nitrogens is 1. The van der Waals surface area contributed by atoms with Gasteiger partial charge in [-0.15, -0.1) is 0 Å². The van der Waals surface area contributed by atoms with Crippen LogP contribution in [0.4, 0.5) is 5.69 Å². The van der Waals surface area contributed by atoms with Crippen LogP contribution in [0.1, 0.15) is 26.3 Å². The summed E-state index contributed by atoms with van der Waals surface area (Å²) in [4.78, 5) is 11.1. The summed E-state index contributed by atoms with van der Waals surface area (Å²) in [6, 6.07) is 2.84. The van der Waals surface area contributed by atoms with Crippen molar-refractivity contribution in [2.45, 2.75) is 20.8 Å². The van der Waals surface area contributed by atoms with E-state index >= 15 is 0 Å². The third kappa shape index (κ3) is 2.08. The van der Waals surface area contributed by atoms with Gasteiger partial charge < -0.3 is 0 Å². The molecule has 0 fully saturated rings. The highest BCUT2D eigenvalue weighted by atomic mass is 32.1. The van der Waals surface area contributed by atoms with Crippen LogP contribution in [0.3, 0.4) is 0 Å². The average Bonchev–Trinajstić information content (AvgIpc) is 2.73. The van der Waals surface area contributed by atoms with Gasteiger partial charge >= 0.3 is 0 Å². The number of hydrogen-bond donors (Lipinski definition) is 1. The Morgan fingerprint density at radius 2 is 2.06 bits per heavy atom. The molecule has 0 saturated heterocycles. The second-order valence-corrected chi connectivity index (χ2v) is 5.43. The van der Waals surface area contributed by atoms with Crippen LogP contribution >= 0.6 is 12.2 Å². The molecule has 7 heteroatoms. The van der Waals surface area contributed by atoms with Crippen molar-refractivity contribution in [2.24, 2.45) is 5.41 Å². The first-order chi connectivity index (χ1) is 8.30. The number of fused-ring (bicyclic) bond motifs is 1. The molecule has 0 aliphatic rings. The summed E-state index contributed by atoms with van der Waals surface area (Å²) >= 11 is 5.39. The number of thiocarbonyl (C=S) groups is 1. The largest absolute Gasteiger partial charge is 0.272 e. The van der Waals surface area contributed by atoms with Crippen molar-refractivity contribution in [3.8, 4) is 0 Å². The van der Waals surface area contributed by atoms with Gasteiger partial charge in [0.05, 0.1) is 4.92 Å². The first kappa shape index (κ1) is 12.6. The Morgan fingerprint density at radius 1 is 1.39 bits per heavy atom. The second kappa shape index (κ2) is 4.09. The van der Waals surface area contributed by atoms with E-state index in [0.717, 1.165) is 0 Å². The Hall–Kier alpha value is -1.89. The predicted octanol–water partition coefficient (Wildman–Crippen LogP) is 2.63. The van der Waals surface area contributed by atoms with Crippen LogP contribution in [0.2, 0.25) is 0 Å². The Bertz CT molecular complexity index is 642. The first-order valence-electron chi connectivity index (χ1n) is 5.34. The molecule has 1 aromatic carbocycles. The highest BCUT2D eigenvalue weighted by Gasteiger charge is 2.24. The van der Waals surface area contributed by atoms with Gasteiger partial charge in [-0.25, -0.2) is 0 Å².